The fraction of sp³-hybridized carbons (Fsp3) is 0.125. The Labute approximate surface area is 102 Å². The topological polar surface area (TPSA) is 56.3 Å². The summed E-state index contributed by atoms with van der Waals surface area (Å²) in [5.41, 5.74) is -4.62. The molecule has 0 fully saturated rings. The first-order chi connectivity index (χ1) is 8.22. The van der Waals surface area contributed by atoms with Gasteiger partial charge < -0.3 is 4.18 Å². The standard InChI is InChI=1S/C8H3F4NO3S2/c9-4-1-2-5(7-6(4)13-3-17-7)16-18(14,15)8(10,11)12/h1-3H. The lowest BCUT2D eigenvalue weighted by atomic mass is 10.3. The van der Waals surface area contributed by atoms with Crippen LogP contribution in [0.1, 0.15) is 0 Å². The van der Waals surface area contributed by atoms with Crippen LogP contribution in [0.15, 0.2) is 17.6 Å². The summed E-state index contributed by atoms with van der Waals surface area (Å²) in [6, 6.07) is 1.59. The predicted molar refractivity (Wildman–Crippen MR) is 55.2 cm³/mol. The number of benzene rings is 1. The van der Waals surface area contributed by atoms with Gasteiger partial charge in [-0.05, 0) is 12.1 Å². The van der Waals surface area contributed by atoms with Gasteiger partial charge in [0, 0.05) is 0 Å². The third kappa shape index (κ3) is 2.12. The summed E-state index contributed by atoms with van der Waals surface area (Å²) in [6.07, 6.45) is 0. The summed E-state index contributed by atoms with van der Waals surface area (Å²) in [5, 5.41) is 0. The zero-order valence-corrected chi connectivity index (χ0v) is 9.87. The number of hydrogen-bond acceptors (Lipinski definition) is 5. The van der Waals surface area contributed by atoms with E-state index in [2.05, 4.69) is 9.17 Å². The molecule has 4 nitrogen and oxygen atoms in total. The van der Waals surface area contributed by atoms with Crippen LogP contribution in [-0.4, -0.2) is 18.9 Å². The SMILES string of the molecule is O=S(=O)(Oc1ccc(F)c2ncsc12)C(F)(F)F. The molecule has 0 spiro atoms. The lowest BCUT2D eigenvalue weighted by Crippen LogP contribution is -2.28. The molecule has 0 aliphatic heterocycles. The molecule has 18 heavy (non-hydrogen) atoms. The Kier molecular flexibility index (Phi) is 2.93. The van der Waals surface area contributed by atoms with Crippen LogP contribution in [-0.2, 0) is 10.1 Å². The van der Waals surface area contributed by atoms with Crippen molar-refractivity contribution in [1.29, 1.82) is 0 Å². The first-order valence-corrected chi connectivity index (χ1v) is 6.53. The molecule has 0 aliphatic rings. The molecule has 0 unspecified atom stereocenters. The Morgan fingerprint density at radius 3 is 2.56 bits per heavy atom. The maximum Gasteiger partial charge on any atom is 0.534 e. The van der Waals surface area contributed by atoms with Crippen LogP contribution >= 0.6 is 11.3 Å². The molecule has 0 N–H and O–H groups in total. The van der Waals surface area contributed by atoms with E-state index >= 15 is 0 Å². The van der Waals surface area contributed by atoms with Crippen molar-refractivity contribution in [3.8, 4) is 5.75 Å². The van der Waals surface area contributed by atoms with E-state index in [0.717, 1.165) is 23.5 Å². The monoisotopic (exact) mass is 301 g/mol. The number of hydrogen-bond donors (Lipinski definition) is 0. The summed E-state index contributed by atoms with van der Waals surface area (Å²) >= 11 is 0.772. The lowest BCUT2D eigenvalue weighted by molar-refractivity contribution is -0.0499. The van der Waals surface area contributed by atoms with Gasteiger partial charge in [-0.25, -0.2) is 9.37 Å². The summed E-state index contributed by atoms with van der Waals surface area (Å²) < 4.78 is 75.0. The molecule has 0 amide bonds. The minimum atomic E-state index is -5.78. The van der Waals surface area contributed by atoms with E-state index in [1.165, 1.54) is 5.51 Å². The van der Waals surface area contributed by atoms with E-state index in [1.54, 1.807) is 0 Å². The second-order valence-corrected chi connectivity index (χ2v) is 5.45. The molecule has 0 bridgehead atoms. The highest BCUT2D eigenvalue weighted by molar-refractivity contribution is 7.88. The lowest BCUT2D eigenvalue weighted by Gasteiger charge is -2.09. The summed E-state index contributed by atoms with van der Waals surface area (Å²) in [6.45, 7) is 0. The number of aromatic nitrogens is 1. The van der Waals surface area contributed by atoms with Crippen LogP contribution in [0.4, 0.5) is 17.6 Å². The minimum absolute atomic E-state index is 0.108. The molecule has 10 heteroatoms. The Balaban J connectivity index is 2.52. The highest BCUT2D eigenvalue weighted by Crippen LogP contribution is 2.34. The maximum atomic E-state index is 13.2. The predicted octanol–water partition coefficient (Wildman–Crippen LogP) is 2.66. The normalized spacial score (nSPS) is 12.9. The molecule has 1 aromatic heterocycles. The second-order valence-electron chi connectivity index (χ2n) is 3.06. The van der Waals surface area contributed by atoms with Crippen molar-refractivity contribution in [2.75, 3.05) is 0 Å². The Bertz CT molecular complexity index is 692. The number of rotatable bonds is 2. The summed E-state index contributed by atoms with van der Waals surface area (Å²) in [4.78, 5) is 3.56. The molecule has 0 atom stereocenters. The summed E-state index contributed by atoms with van der Waals surface area (Å²) in [7, 11) is -5.78. The number of halogens is 4. The average Bonchev–Trinajstić information content (AvgIpc) is 2.70. The van der Waals surface area contributed by atoms with E-state index in [-0.39, 0.29) is 10.2 Å². The van der Waals surface area contributed by atoms with Crippen molar-refractivity contribution in [2.45, 2.75) is 5.51 Å². The molecule has 2 aromatic rings. The molecule has 0 saturated carbocycles. The van der Waals surface area contributed by atoms with Gasteiger partial charge in [-0.3, -0.25) is 0 Å². The number of nitrogens with zero attached hydrogens (tertiary/aromatic N) is 1. The average molecular weight is 301 g/mol. The van der Waals surface area contributed by atoms with Gasteiger partial charge in [0.1, 0.15) is 10.2 Å². The fourth-order valence-corrected chi connectivity index (χ4v) is 2.40. The van der Waals surface area contributed by atoms with Crippen LogP contribution in [0, 0.1) is 5.82 Å². The number of fused-ring (bicyclic) bond motifs is 1. The van der Waals surface area contributed by atoms with Gasteiger partial charge in [0.2, 0.25) is 0 Å². The highest BCUT2D eigenvalue weighted by atomic mass is 32.2. The van der Waals surface area contributed by atoms with Crippen molar-refractivity contribution in [1.82, 2.24) is 4.98 Å². The number of alkyl halides is 3. The van der Waals surface area contributed by atoms with E-state index < -0.39 is 27.2 Å². The first kappa shape index (κ1) is 13.0. The van der Waals surface area contributed by atoms with Crippen molar-refractivity contribution in [3.05, 3.63) is 23.5 Å². The molecule has 0 saturated heterocycles. The molecule has 0 radical (unpaired) electrons. The van der Waals surface area contributed by atoms with Gasteiger partial charge in [-0.1, -0.05) is 0 Å². The van der Waals surface area contributed by atoms with Gasteiger partial charge in [0.25, 0.3) is 0 Å². The summed E-state index contributed by atoms with van der Waals surface area (Å²) in [5.74, 6) is -1.38. The van der Waals surface area contributed by atoms with Gasteiger partial charge in [-0.15, -0.1) is 11.3 Å². The zero-order chi connectivity index (χ0) is 13.6. The third-order valence-electron chi connectivity index (χ3n) is 1.88. The van der Waals surface area contributed by atoms with Crippen molar-refractivity contribution < 1.29 is 30.2 Å². The van der Waals surface area contributed by atoms with Crippen LogP contribution in [0.5, 0.6) is 5.75 Å². The third-order valence-corrected chi connectivity index (χ3v) is 3.69. The second kappa shape index (κ2) is 4.05. The van der Waals surface area contributed by atoms with Gasteiger partial charge in [0.05, 0.1) is 5.51 Å². The molecule has 1 heterocycles. The first-order valence-electron chi connectivity index (χ1n) is 4.25. The molecule has 2 rings (SSSR count). The quantitative estimate of drug-likeness (QED) is 0.486. The van der Waals surface area contributed by atoms with E-state index in [4.69, 9.17) is 0 Å². The fourth-order valence-electron chi connectivity index (χ4n) is 1.13. The number of thiazole rings is 1. The molecular formula is C8H3F4NO3S2. The minimum Gasteiger partial charge on any atom is -0.374 e. The molecule has 98 valence electrons. The van der Waals surface area contributed by atoms with E-state index in [9.17, 15) is 26.0 Å². The van der Waals surface area contributed by atoms with Crippen LogP contribution in [0.2, 0.25) is 0 Å². The molecule has 0 aliphatic carbocycles. The van der Waals surface area contributed by atoms with Crippen molar-refractivity contribution in [3.63, 3.8) is 0 Å². The Morgan fingerprint density at radius 1 is 1.28 bits per heavy atom. The van der Waals surface area contributed by atoms with Gasteiger partial charge in [-0.2, -0.15) is 21.6 Å². The molecular weight excluding hydrogens is 298 g/mol. The van der Waals surface area contributed by atoms with Gasteiger partial charge in [0.15, 0.2) is 11.6 Å². The molecule has 1 aromatic carbocycles. The zero-order valence-electron chi connectivity index (χ0n) is 8.23. The Morgan fingerprint density at radius 2 is 1.94 bits per heavy atom. The van der Waals surface area contributed by atoms with Crippen LogP contribution < -0.4 is 4.18 Å². The van der Waals surface area contributed by atoms with Crippen LogP contribution in [0.3, 0.4) is 0 Å². The van der Waals surface area contributed by atoms with E-state index in [0.29, 0.717) is 0 Å². The van der Waals surface area contributed by atoms with E-state index in [1.807, 2.05) is 0 Å². The smallest absolute Gasteiger partial charge is 0.374 e. The highest BCUT2D eigenvalue weighted by Gasteiger charge is 2.48. The van der Waals surface area contributed by atoms with Crippen molar-refractivity contribution in [2.24, 2.45) is 0 Å². The van der Waals surface area contributed by atoms with Crippen molar-refractivity contribution >= 4 is 31.7 Å². The maximum absolute atomic E-state index is 13.2. The largest absolute Gasteiger partial charge is 0.534 e. The van der Waals surface area contributed by atoms with Crippen LogP contribution in [0.25, 0.3) is 10.2 Å². The Hall–Kier alpha value is -1.42. The van der Waals surface area contributed by atoms with Gasteiger partial charge >= 0.3 is 15.6 Å².